The molecule has 1 unspecified atom stereocenters. The Balaban J connectivity index is 2.23. The first-order chi connectivity index (χ1) is 9.50. The number of nitrogens with zero attached hydrogens (tertiary/aromatic N) is 1. The molecule has 0 spiro atoms. The Morgan fingerprint density at radius 2 is 2.10 bits per heavy atom. The minimum absolute atomic E-state index is 0.0613. The Bertz CT molecular complexity index is 532. The summed E-state index contributed by atoms with van der Waals surface area (Å²) >= 11 is 2.14. The van der Waals surface area contributed by atoms with E-state index in [1.165, 1.54) is 0 Å². The molecule has 2 rings (SSSR count). The van der Waals surface area contributed by atoms with Crippen LogP contribution in [0.15, 0.2) is 24.3 Å². The third kappa shape index (κ3) is 2.82. The van der Waals surface area contributed by atoms with Crippen LogP contribution in [0.1, 0.15) is 36.5 Å². The van der Waals surface area contributed by atoms with Gasteiger partial charge in [0.2, 0.25) is 0 Å². The van der Waals surface area contributed by atoms with Gasteiger partial charge in [-0.25, -0.2) is 0 Å². The smallest absolute Gasteiger partial charge is 0.311 e. The minimum atomic E-state index is -0.791. The van der Waals surface area contributed by atoms with Crippen LogP contribution in [0.5, 0.6) is 0 Å². The number of hydrogen-bond donors (Lipinski definition) is 1. The third-order valence-electron chi connectivity index (χ3n) is 4.10. The van der Waals surface area contributed by atoms with Crippen molar-refractivity contribution in [3.63, 3.8) is 0 Å². The van der Waals surface area contributed by atoms with Gasteiger partial charge in [-0.2, -0.15) is 0 Å². The largest absolute Gasteiger partial charge is 0.481 e. The number of rotatable bonds is 3. The number of amides is 1. The summed E-state index contributed by atoms with van der Waals surface area (Å²) in [6.45, 7) is 2.83. The van der Waals surface area contributed by atoms with Crippen LogP contribution in [0.25, 0.3) is 0 Å². The van der Waals surface area contributed by atoms with Gasteiger partial charge < -0.3 is 10.0 Å². The van der Waals surface area contributed by atoms with E-state index in [2.05, 4.69) is 22.6 Å². The Morgan fingerprint density at radius 3 is 2.70 bits per heavy atom. The molecule has 0 bridgehead atoms. The Morgan fingerprint density at radius 1 is 1.40 bits per heavy atom. The topological polar surface area (TPSA) is 57.6 Å². The predicted molar refractivity (Wildman–Crippen MR) is 84.7 cm³/mol. The summed E-state index contributed by atoms with van der Waals surface area (Å²) in [6.07, 6.45) is 1.95. The molecule has 1 heterocycles. The van der Waals surface area contributed by atoms with Gasteiger partial charge in [-0.05, 0) is 54.0 Å². The van der Waals surface area contributed by atoms with Gasteiger partial charge >= 0.3 is 5.97 Å². The molecule has 0 aliphatic carbocycles. The molecule has 1 amide bonds. The van der Waals surface area contributed by atoms with Crippen molar-refractivity contribution in [2.45, 2.75) is 26.2 Å². The summed E-state index contributed by atoms with van der Waals surface area (Å²) in [5, 5.41) is 9.47. The number of carboxylic acid groups (broad SMARTS) is 1. The van der Waals surface area contributed by atoms with Gasteiger partial charge in [-0.3, -0.25) is 9.59 Å². The highest BCUT2D eigenvalue weighted by Gasteiger charge is 2.42. The molecule has 20 heavy (non-hydrogen) atoms. The molecule has 0 radical (unpaired) electrons. The van der Waals surface area contributed by atoms with Crippen molar-refractivity contribution >= 4 is 34.5 Å². The molecule has 4 nitrogen and oxygen atoms in total. The number of carboxylic acids is 1. The maximum absolute atomic E-state index is 12.6. The second kappa shape index (κ2) is 6.11. The number of carbonyl (C=O) groups excluding carboxylic acids is 1. The Hall–Kier alpha value is -1.11. The molecule has 0 aromatic heterocycles. The second-order valence-corrected chi connectivity index (χ2v) is 6.41. The van der Waals surface area contributed by atoms with Gasteiger partial charge in [-0.1, -0.05) is 19.1 Å². The number of hydrogen-bond acceptors (Lipinski definition) is 2. The van der Waals surface area contributed by atoms with Crippen LogP contribution in [0.3, 0.4) is 0 Å². The number of likely N-dealkylation sites (tertiary alicyclic amines) is 1. The zero-order chi connectivity index (χ0) is 14.8. The fourth-order valence-corrected chi connectivity index (χ4v) is 3.34. The maximum atomic E-state index is 12.6. The lowest BCUT2D eigenvalue weighted by atomic mass is 9.77. The van der Waals surface area contributed by atoms with E-state index in [4.69, 9.17) is 0 Å². The van der Waals surface area contributed by atoms with Crippen LogP contribution >= 0.6 is 22.6 Å². The van der Waals surface area contributed by atoms with Crippen LogP contribution < -0.4 is 0 Å². The van der Waals surface area contributed by atoms with Crippen molar-refractivity contribution in [1.29, 1.82) is 0 Å². The molecule has 1 N–H and O–H groups in total. The van der Waals surface area contributed by atoms with E-state index < -0.39 is 11.4 Å². The third-order valence-corrected chi connectivity index (χ3v) is 5.04. The fraction of sp³-hybridized carbons (Fsp3) is 0.467. The van der Waals surface area contributed by atoms with E-state index in [-0.39, 0.29) is 5.91 Å². The molecule has 1 saturated heterocycles. The highest BCUT2D eigenvalue weighted by molar-refractivity contribution is 14.1. The van der Waals surface area contributed by atoms with Crippen molar-refractivity contribution < 1.29 is 14.7 Å². The fourth-order valence-electron chi connectivity index (χ4n) is 2.72. The van der Waals surface area contributed by atoms with Crippen LogP contribution in [-0.2, 0) is 4.79 Å². The molecule has 1 aromatic carbocycles. The summed E-state index contributed by atoms with van der Waals surface area (Å²) in [4.78, 5) is 25.8. The monoisotopic (exact) mass is 387 g/mol. The van der Waals surface area contributed by atoms with Crippen molar-refractivity contribution in [1.82, 2.24) is 4.90 Å². The molecule has 0 saturated carbocycles. The van der Waals surface area contributed by atoms with E-state index in [0.717, 1.165) is 9.99 Å². The van der Waals surface area contributed by atoms with E-state index in [1.54, 1.807) is 11.0 Å². The lowest BCUT2D eigenvalue weighted by Gasteiger charge is -2.39. The van der Waals surface area contributed by atoms with Crippen molar-refractivity contribution in [3.8, 4) is 0 Å². The van der Waals surface area contributed by atoms with Crippen molar-refractivity contribution in [2.24, 2.45) is 5.41 Å². The molecule has 108 valence electrons. The van der Waals surface area contributed by atoms with E-state index in [1.807, 2.05) is 25.1 Å². The number of benzene rings is 1. The van der Waals surface area contributed by atoms with Crippen molar-refractivity contribution in [3.05, 3.63) is 33.4 Å². The number of halogens is 1. The van der Waals surface area contributed by atoms with Gasteiger partial charge in [0.1, 0.15) is 0 Å². The number of aliphatic carboxylic acids is 1. The molecule has 1 aromatic rings. The van der Waals surface area contributed by atoms with E-state index in [0.29, 0.717) is 31.5 Å². The summed E-state index contributed by atoms with van der Waals surface area (Å²) in [6, 6.07) is 7.42. The zero-order valence-electron chi connectivity index (χ0n) is 11.4. The molecule has 5 heteroatoms. The molecule has 1 aliphatic rings. The molecule has 1 aliphatic heterocycles. The standard InChI is InChI=1S/C15H18INO3/c1-2-15(14(19)20)8-5-9-17(10-15)13(18)11-6-3-4-7-12(11)16/h3-4,6-7H,2,5,8-10H2,1H3,(H,19,20). The SMILES string of the molecule is CCC1(C(=O)O)CCCN(C(=O)c2ccccc2I)C1. The quantitative estimate of drug-likeness (QED) is 0.812. The highest BCUT2D eigenvalue weighted by Crippen LogP contribution is 2.34. The maximum Gasteiger partial charge on any atom is 0.311 e. The molecular weight excluding hydrogens is 369 g/mol. The normalized spacial score (nSPS) is 22.6. The van der Waals surface area contributed by atoms with Crippen LogP contribution in [0.2, 0.25) is 0 Å². The van der Waals surface area contributed by atoms with Crippen LogP contribution in [-0.4, -0.2) is 35.0 Å². The van der Waals surface area contributed by atoms with Crippen molar-refractivity contribution in [2.75, 3.05) is 13.1 Å². The van der Waals surface area contributed by atoms with Gasteiger partial charge in [-0.15, -0.1) is 0 Å². The first-order valence-corrected chi connectivity index (χ1v) is 7.85. The predicted octanol–water partition coefficient (Wildman–Crippen LogP) is 3.01. The molecule has 1 fully saturated rings. The average molecular weight is 387 g/mol. The van der Waals surface area contributed by atoms with E-state index in [9.17, 15) is 14.7 Å². The summed E-state index contributed by atoms with van der Waals surface area (Å²) < 4.78 is 0.901. The minimum Gasteiger partial charge on any atom is -0.481 e. The van der Waals surface area contributed by atoms with Crippen LogP contribution in [0, 0.1) is 8.99 Å². The number of carbonyl (C=O) groups is 2. The lowest BCUT2D eigenvalue weighted by molar-refractivity contribution is -0.152. The highest BCUT2D eigenvalue weighted by atomic mass is 127. The van der Waals surface area contributed by atoms with E-state index >= 15 is 0 Å². The summed E-state index contributed by atoms with van der Waals surface area (Å²) in [5.74, 6) is -0.853. The Labute approximate surface area is 132 Å². The molecule has 1 atom stereocenters. The van der Waals surface area contributed by atoms with Gasteiger partial charge in [0.15, 0.2) is 0 Å². The first-order valence-electron chi connectivity index (χ1n) is 6.77. The zero-order valence-corrected chi connectivity index (χ0v) is 13.6. The first kappa shape index (κ1) is 15.3. The lowest BCUT2D eigenvalue weighted by Crippen LogP contribution is -2.49. The Kier molecular flexibility index (Phi) is 4.67. The average Bonchev–Trinajstić information content (AvgIpc) is 2.47. The molecular formula is C15H18INO3. The van der Waals surface area contributed by atoms with Gasteiger partial charge in [0.25, 0.3) is 5.91 Å². The van der Waals surface area contributed by atoms with Gasteiger partial charge in [0.05, 0.1) is 11.0 Å². The number of piperidine rings is 1. The second-order valence-electron chi connectivity index (χ2n) is 5.25. The summed E-state index contributed by atoms with van der Waals surface area (Å²) in [7, 11) is 0. The summed E-state index contributed by atoms with van der Waals surface area (Å²) in [5.41, 5.74) is -0.126. The van der Waals surface area contributed by atoms with Gasteiger partial charge in [0, 0.05) is 16.7 Å². The van der Waals surface area contributed by atoms with Crippen LogP contribution in [0.4, 0.5) is 0 Å².